The molecule has 438 valence electrons. The summed E-state index contributed by atoms with van der Waals surface area (Å²) in [5, 5.41) is 23.6. The van der Waals surface area contributed by atoms with E-state index in [0.29, 0.717) is 69.8 Å². The summed E-state index contributed by atoms with van der Waals surface area (Å²) in [7, 11) is 4.47. The summed E-state index contributed by atoms with van der Waals surface area (Å²) in [5.74, 6) is -9.63. The van der Waals surface area contributed by atoms with Gasteiger partial charge in [0.15, 0.2) is 5.78 Å². The van der Waals surface area contributed by atoms with Gasteiger partial charge in [0.25, 0.3) is 11.7 Å². The van der Waals surface area contributed by atoms with Crippen molar-refractivity contribution in [2.24, 2.45) is 35.5 Å². The number of carbonyl (C=O) groups is 7. The molecule has 1 saturated carbocycles. The van der Waals surface area contributed by atoms with Gasteiger partial charge in [-0.1, -0.05) is 101 Å². The number of hydrogen-bond acceptors (Lipinski definition) is 16. The van der Waals surface area contributed by atoms with Crippen LogP contribution < -0.4 is 0 Å². The lowest BCUT2D eigenvalue weighted by atomic mass is 9.78. The molecule has 1 aliphatic carbocycles. The van der Waals surface area contributed by atoms with Crippen molar-refractivity contribution in [3.8, 4) is 0 Å². The summed E-state index contributed by atoms with van der Waals surface area (Å²) < 4.78 is 41.0. The molecular formula is C62H89NO16. The van der Waals surface area contributed by atoms with E-state index in [0.717, 1.165) is 11.1 Å². The molecular weight excluding hydrogens is 1010 g/mol. The Morgan fingerprint density at radius 2 is 1.53 bits per heavy atom. The molecule has 0 radical (unpaired) electrons. The first kappa shape index (κ1) is 64.6. The highest BCUT2D eigenvalue weighted by Crippen LogP contribution is 2.38. The molecule has 4 aliphatic rings. The van der Waals surface area contributed by atoms with E-state index in [1.165, 1.54) is 19.1 Å². The number of ketones is 3. The number of amides is 1. The number of esters is 3. The van der Waals surface area contributed by atoms with E-state index in [1.807, 2.05) is 81.5 Å². The Bertz CT molecular complexity index is 2340. The molecule has 1 amide bonds. The van der Waals surface area contributed by atoms with Crippen LogP contribution in [0.2, 0.25) is 0 Å². The summed E-state index contributed by atoms with van der Waals surface area (Å²) in [6.07, 6.45) is 9.76. The van der Waals surface area contributed by atoms with Crippen LogP contribution in [0.15, 0.2) is 77.9 Å². The number of Topliss-reactive ketones (excluding diaryl/α,β-unsaturated/α-hetero) is 3. The first-order valence-electron chi connectivity index (χ1n) is 28.5. The number of fused-ring (bicyclic) bond motifs is 3. The highest BCUT2D eigenvalue weighted by atomic mass is 16.6. The van der Waals surface area contributed by atoms with Gasteiger partial charge in [-0.15, -0.1) is 0 Å². The number of carbonyl (C=O) groups excluding carboxylic acids is 7. The van der Waals surface area contributed by atoms with Gasteiger partial charge < -0.3 is 48.3 Å². The molecule has 0 spiro atoms. The lowest BCUT2D eigenvalue weighted by Gasteiger charge is -2.42. The second-order valence-corrected chi connectivity index (χ2v) is 22.7. The zero-order chi connectivity index (χ0) is 58.0. The molecule has 2 saturated heterocycles. The molecule has 17 nitrogen and oxygen atoms in total. The molecule has 2 bridgehead atoms. The summed E-state index contributed by atoms with van der Waals surface area (Å²) in [6.45, 7) is 12.7. The van der Waals surface area contributed by atoms with Gasteiger partial charge in [-0.2, -0.15) is 0 Å². The number of methoxy groups -OCH3 is 3. The van der Waals surface area contributed by atoms with E-state index in [4.69, 9.17) is 33.2 Å². The monoisotopic (exact) mass is 1100 g/mol. The molecule has 3 heterocycles. The zero-order valence-electron chi connectivity index (χ0n) is 48.3. The van der Waals surface area contributed by atoms with Crippen molar-refractivity contribution in [1.82, 2.24) is 4.90 Å². The Morgan fingerprint density at radius 1 is 0.810 bits per heavy atom. The Kier molecular flexibility index (Phi) is 25.5. The van der Waals surface area contributed by atoms with Crippen molar-refractivity contribution in [2.45, 2.75) is 200 Å². The van der Waals surface area contributed by atoms with Crippen LogP contribution in [0.1, 0.15) is 144 Å². The van der Waals surface area contributed by atoms with Crippen molar-refractivity contribution in [2.75, 3.05) is 27.9 Å². The smallest absolute Gasteiger partial charge is 0.329 e. The number of aliphatic hydroxyl groups is 2. The fourth-order valence-corrected chi connectivity index (χ4v) is 11.5. The number of rotatable bonds is 12. The normalized spacial score (nSPS) is 35.1. The minimum atomic E-state index is -2.47. The highest BCUT2D eigenvalue weighted by molar-refractivity contribution is 6.39. The Hall–Kier alpha value is -5.17. The lowest BCUT2D eigenvalue weighted by Crippen LogP contribution is -2.61. The van der Waals surface area contributed by atoms with Gasteiger partial charge in [0.1, 0.15) is 42.8 Å². The van der Waals surface area contributed by atoms with Gasteiger partial charge in [0, 0.05) is 58.5 Å². The minimum Gasteiger partial charge on any atom is -0.461 e. The first-order valence-corrected chi connectivity index (χ1v) is 28.5. The molecule has 0 unspecified atom stereocenters. The van der Waals surface area contributed by atoms with E-state index in [2.05, 4.69) is 0 Å². The Labute approximate surface area is 467 Å². The SMILES string of the molecule is CO[C@H]1C[C@@H]2CC[C@@H](C)[C@@](O)(O2)C(=O)C(=O)N2CCCC[C@H]2C(=O)O[C@H]([C@H](C)C[C@@H]2CC[C@@H](OC(=O)CCC(=O)OCc3ccccc3)[C@H](OC)C2)CC(=O)[C@H](C)/C=C(\C)[C@@H](O)[C@@H](OC)C(=O)[C@H](C)C[C@H](C)\C=C/C=C/C=C/1C. The fourth-order valence-electron chi connectivity index (χ4n) is 11.5. The van der Waals surface area contributed by atoms with Crippen LogP contribution in [0, 0.1) is 35.5 Å². The number of allylic oxidation sites excluding steroid dienone is 6. The molecule has 3 fully saturated rings. The Morgan fingerprint density at radius 3 is 2.23 bits per heavy atom. The molecule has 2 N–H and O–H groups in total. The Balaban J connectivity index is 1.38. The maximum Gasteiger partial charge on any atom is 0.329 e. The average molecular weight is 1100 g/mol. The quantitative estimate of drug-likeness (QED) is 0.0869. The molecule has 0 aromatic heterocycles. The van der Waals surface area contributed by atoms with Gasteiger partial charge in [0.2, 0.25) is 5.79 Å². The van der Waals surface area contributed by atoms with Crippen molar-refractivity contribution >= 4 is 41.2 Å². The van der Waals surface area contributed by atoms with Gasteiger partial charge in [-0.3, -0.25) is 28.8 Å². The zero-order valence-corrected chi connectivity index (χ0v) is 48.3. The molecule has 1 aromatic carbocycles. The van der Waals surface area contributed by atoms with E-state index < -0.39 is 108 Å². The molecule has 17 heteroatoms. The van der Waals surface area contributed by atoms with Gasteiger partial charge in [-0.25, -0.2) is 4.79 Å². The third-order valence-corrected chi connectivity index (χ3v) is 16.5. The lowest BCUT2D eigenvalue weighted by molar-refractivity contribution is -0.265. The summed E-state index contributed by atoms with van der Waals surface area (Å²) in [4.78, 5) is 98.1. The van der Waals surface area contributed by atoms with Crippen LogP contribution in [-0.2, 0) is 73.3 Å². The largest absolute Gasteiger partial charge is 0.461 e. The fraction of sp³-hybridized carbons (Fsp3) is 0.661. The predicted octanol–water partition coefficient (Wildman–Crippen LogP) is 8.26. The summed E-state index contributed by atoms with van der Waals surface area (Å²) in [6, 6.07) is 8.03. The topological polar surface area (TPSA) is 228 Å². The summed E-state index contributed by atoms with van der Waals surface area (Å²) >= 11 is 0. The van der Waals surface area contributed by atoms with Crippen molar-refractivity contribution in [3.63, 3.8) is 0 Å². The van der Waals surface area contributed by atoms with Crippen molar-refractivity contribution in [3.05, 3.63) is 83.5 Å². The van der Waals surface area contributed by atoms with Crippen LogP contribution in [0.3, 0.4) is 0 Å². The third kappa shape index (κ3) is 18.4. The van der Waals surface area contributed by atoms with Crippen molar-refractivity contribution < 1.29 is 76.9 Å². The molecule has 1 aromatic rings. The van der Waals surface area contributed by atoms with E-state index in [1.54, 1.807) is 40.9 Å². The van der Waals surface area contributed by atoms with Crippen LogP contribution in [0.25, 0.3) is 0 Å². The number of benzene rings is 1. The third-order valence-electron chi connectivity index (χ3n) is 16.5. The predicted molar refractivity (Wildman–Crippen MR) is 294 cm³/mol. The van der Waals surface area contributed by atoms with Gasteiger partial charge in [0.05, 0.1) is 31.2 Å². The number of ether oxygens (including phenoxy) is 7. The number of hydrogen-bond donors (Lipinski definition) is 2. The van der Waals surface area contributed by atoms with E-state index in [-0.39, 0.29) is 62.2 Å². The number of cyclic esters (lactones) is 1. The highest BCUT2D eigenvalue weighted by Gasteiger charge is 2.53. The summed E-state index contributed by atoms with van der Waals surface area (Å²) in [5.41, 5.74) is 2.05. The maximum absolute atomic E-state index is 14.6. The van der Waals surface area contributed by atoms with Crippen LogP contribution in [0.4, 0.5) is 0 Å². The van der Waals surface area contributed by atoms with Crippen LogP contribution in [-0.4, -0.2) is 139 Å². The van der Waals surface area contributed by atoms with Crippen molar-refractivity contribution in [1.29, 1.82) is 0 Å². The van der Waals surface area contributed by atoms with Gasteiger partial charge >= 0.3 is 17.9 Å². The molecule has 5 rings (SSSR count). The first-order chi connectivity index (χ1) is 37.6. The molecule has 3 aliphatic heterocycles. The van der Waals surface area contributed by atoms with E-state index >= 15 is 0 Å². The van der Waals surface area contributed by atoms with Gasteiger partial charge in [-0.05, 0) is 113 Å². The average Bonchev–Trinajstić information content (AvgIpc) is 3.44. The number of piperidine rings is 1. The van der Waals surface area contributed by atoms with Crippen LogP contribution in [0.5, 0.6) is 0 Å². The molecule has 79 heavy (non-hydrogen) atoms. The minimum absolute atomic E-state index is 0.00748. The molecule has 15 atom stereocenters. The number of nitrogens with zero attached hydrogens (tertiary/aromatic N) is 1. The second-order valence-electron chi connectivity index (χ2n) is 22.7. The number of aliphatic hydroxyl groups excluding tert-OH is 1. The van der Waals surface area contributed by atoms with Crippen LogP contribution >= 0.6 is 0 Å². The van der Waals surface area contributed by atoms with E-state index in [9.17, 15) is 43.8 Å². The maximum atomic E-state index is 14.6. The standard InChI is InChI=1S/C62H89NO16/c1-38-19-13-11-14-20-39(2)51(73-8)35-47-26-24-44(7)62(72,79-47)59(69)60(70)63-30-18-17-23-48(63)61(71)78-52(36-49(64)40(3)32-43(6)57(68)58(75-10)56(67)42(5)31-38)41(4)33-46-25-27-50(53(34-46)74-9)77-55(66)29-28-54(65)76-37-45-21-15-12-16-22-45/h11-16,19-22,32,38,40-42,44,46-48,50-53,57-58,68,72H,17-18,23-31,33-37H2,1-10H3/b14-11+,19-13-,39-20+,43-32+/t38-,40-,41-,42-,44-,46+,47+,48+,50-,51+,52+,53-,57-,58+,62-/m1/s1. The second kappa shape index (κ2) is 31.2.